The van der Waals surface area contributed by atoms with Crippen LogP contribution in [0.15, 0.2) is 47.1 Å². The number of piperidine rings is 1. The average molecular weight is 327 g/mol. The number of carbonyl (C=O) groups excluding carboxylic acids is 2. The number of hydrogen-bond acceptors (Lipinski definition) is 3. The summed E-state index contributed by atoms with van der Waals surface area (Å²) in [6.45, 7) is 3.19. The highest BCUT2D eigenvalue weighted by molar-refractivity contribution is 5.92. The van der Waals surface area contributed by atoms with Gasteiger partial charge in [0.2, 0.25) is 0 Å². The molecule has 0 saturated carbocycles. The number of nitrogens with zero attached hydrogens (tertiary/aromatic N) is 1. The van der Waals surface area contributed by atoms with Gasteiger partial charge in [0.05, 0.1) is 6.26 Å². The lowest BCUT2D eigenvalue weighted by molar-refractivity contribution is 0.0891. The van der Waals surface area contributed by atoms with Crippen molar-refractivity contribution in [2.75, 3.05) is 18.4 Å². The first kappa shape index (κ1) is 16.1. The number of anilines is 1. The molecule has 0 radical (unpaired) electrons. The van der Waals surface area contributed by atoms with Crippen LogP contribution in [0.3, 0.4) is 0 Å². The quantitative estimate of drug-likeness (QED) is 0.910. The summed E-state index contributed by atoms with van der Waals surface area (Å²) in [5.74, 6) is 0.109. The number of hydrogen-bond donors (Lipinski definition) is 2. The van der Waals surface area contributed by atoms with Crippen LogP contribution in [-0.4, -0.2) is 36.0 Å². The molecule has 6 heteroatoms. The molecule has 0 unspecified atom stereocenters. The highest BCUT2D eigenvalue weighted by atomic mass is 16.3. The van der Waals surface area contributed by atoms with Crippen molar-refractivity contribution < 1.29 is 14.0 Å². The molecule has 1 saturated heterocycles. The number of likely N-dealkylation sites (tertiary alicyclic amines) is 1. The largest absolute Gasteiger partial charge is 0.459 e. The minimum absolute atomic E-state index is 0.0603. The van der Waals surface area contributed by atoms with Crippen molar-refractivity contribution in [1.82, 2.24) is 10.2 Å². The van der Waals surface area contributed by atoms with Crippen LogP contribution in [0.5, 0.6) is 0 Å². The van der Waals surface area contributed by atoms with Crippen molar-refractivity contribution in [3.8, 4) is 0 Å². The number of urea groups is 1. The number of nitrogens with one attached hydrogen (secondary N) is 2. The zero-order valence-corrected chi connectivity index (χ0v) is 13.6. The Morgan fingerprint density at radius 1 is 1.12 bits per heavy atom. The van der Waals surface area contributed by atoms with E-state index in [1.54, 1.807) is 17.0 Å². The molecule has 2 aromatic rings. The summed E-state index contributed by atoms with van der Waals surface area (Å²) in [6, 6.07) is 11.0. The lowest BCUT2D eigenvalue weighted by Gasteiger charge is -2.32. The molecule has 0 atom stereocenters. The second-order valence-corrected chi connectivity index (χ2v) is 5.96. The maximum absolute atomic E-state index is 12.3. The zero-order valence-electron chi connectivity index (χ0n) is 13.6. The van der Waals surface area contributed by atoms with Crippen LogP contribution in [-0.2, 0) is 0 Å². The zero-order chi connectivity index (χ0) is 16.9. The van der Waals surface area contributed by atoms with Crippen LogP contribution in [0.2, 0.25) is 0 Å². The topological polar surface area (TPSA) is 74.6 Å². The standard InChI is InChI=1S/C18H21N3O3/c1-13-5-2-3-6-15(13)20-18(23)21-10-8-14(9-11-21)19-17(22)16-7-4-12-24-16/h2-7,12,14H,8-11H2,1H3,(H,19,22)(H,20,23). The molecule has 1 aliphatic rings. The Hall–Kier alpha value is -2.76. The molecule has 6 nitrogen and oxygen atoms in total. The molecule has 3 amide bonds. The van der Waals surface area contributed by atoms with Gasteiger partial charge in [-0.25, -0.2) is 4.79 Å². The summed E-state index contributed by atoms with van der Waals surface area (Å²) >= 11 is 0. The van der Waals surface area contributed by atoms with Gasteiger partial charge in [-0.05, 0) is 43.5 Å². The highest BCUT2D eigenvalue weighted by Gasteiger charge is 2.24. The monoisotopic (exact) mass is 327 g/mol. The minimum Gasteiger partial charge on any atom is -0.459 e. The van der Waals surface area contributed by atoms with E-state index in [-0.39, 0.29) is 18.0 Å². The van der Waals surface area contributed by atoms with Crippen LogP contribution in [0.25, 0.3) is 0 Å². The summed E-state index contributed by atoms with van der Waals surface area (Å²) < 4.78 is 5.09. The molecular formula is C18H21N3O3. The second kappa shape index (κ2) is 7.21. The van der Waals surface area contributed by atoms with E-state index in [1.807, 2.05) is 31.2 Å². The van der Waals surface area contributed by atoms with E-state index >= 15 is 0 Å². The van der Waals surface area contributed by atoms with Crippen LogP contribution in [0.4, 0.5) is 10.5 Å². The molecule has 1 aromatic carbocycles. The third-order valence-corrected chi connectivity index (χ3v) is 4.25. The lowest BCUT2D eigenvalue weighted by atomic mass is 10.1. The number of carbonyl (C=O) groups is 2. The van der Waals surface area contributed by atoms with Gasteiger partial charge in [-0.15, -0.1) is 0 Å². The van der Waals surface area contributed by atoms with Crippen LogP contribution >= 0.6 is 0 Å². The van der Waals surface area contributed by atoms with Gasteiger partial charge in [-0.2, -0.15) is 0 Å². The number of para-hydroxylation sites is 1. The summed E-state index contributed by atoms with van der Waals surface area (Å²) in [5, 5.41) is 5.89. The molecule has 2 N–H and O–H groups in total. The predicted molar refractivity (Wildman–Crippen MR) is 91.0 cm³/mol. The first-order valence-corrected chi connectivity index (χ1v) is 8.09. The normalized spacial score (nSPS) is 15.1. The fourth-order valence-corrected chi connectivity index (χ4v) is 2.80. The van der Waals surface area contributed by atoms with Gasteiger partial charge < -0.3 is 20.0 Å². The highest BCUT2D eigenvalue weighted by Crippen LogP contribution is 2.16. The first-order chi connectivity index (χ1) is 11.6. The molecule has 0 bridgehead atoms. The summed E-state index contributed by atoms with van der Waals surface area (Å²) in [6.07, 6.45) is 2.94. The van der Waals surface area contributed by atoms with E-state index in [0.717, 1.165) is 24.1 Å². The lowest BCUT2D eigenvalue weighted by Crippen LogP contribution is -2.47. The van der Waals surface area contributed by atoms with Crippen molar-refractivity contribution in [3.63, 3.8) is 0 Å². The Morgan fingerprint density at radius 3 is 2.54 bits per heavy atom. The molecule has 0 aliphatic carbocycles. The first-order valence-electron chi connectivity index (χ1n) is 8.09. The van der Waals surface area contributed by atoms with Crippen molar-refractivity contribution in [3.05, 3.63) is 54.0 Å². The van der Waals surface area contributed by atoms with E-state index in [4.69, 9.17) is 4.42 Å². The summed E-state index contributed by atoms with van der Waals surface area (Å²) in [5.41, 5.74) is 1.86. The van der Waals surface area contributed by atoms with Crippen molar-refractivity contribution in [2.45, 2.75) is 25.8 Å². The molecule has 1 aliphatic heterocycles. The fraction of sp³-hybridized carbons (Fsp3) is 0.333. The van der Waals surface area contributed by atoms with Gasteiger partial charge in [-0.3, -0.25) is 4.79 Å². The van der Waals surface area contributed by atoms with Gasteiger partial charge in [-0.1, -0.05) is 18.2 Å². The Morgan fingerprint density at radius 2 is 1.88 bits per heavy atom. The molecule has 3 rings (SSSR count). The van der Waals surface area contributed by atoms with Gasteiger partial charge >= 0.3 is 6.03 Å². The third kappa shape index (κ3) is 3.76. The molecule has 126 valence electrons. The Balaban J connectivity index is 1.49. The van der Waals surface area contributed by atoms with Crippen molar-refractivity contribution in [2.24, 2.45) is 0 Å². The molecule has 2 heterocycles. The number of rotatable bonds is 3. The molecule has 0 spiro atoms. The van der Waals surface area contributed by atoms with Gasteiger partial charge in [0.25, 0.3) is 5.91 Å². The van der Waals surface area contributed by atoms with Crippen LogP contribution in [0, 0.1) is 6.92 Å². The number of amides is 3. The van der Waals surface area contributed by atoms with E-state index in [9.17, 15) is 9.59 Å². The SMILES string of the molecule is Cc1ccccc1NC(=O)N1CCC(NC(=O)c2ccco2)CC1. The predicted octanol–water partition coefficient (Wildman–Crippen LogP) is 3.01. The van der Waals surface area contributed by atoms with Crippen molar-refractivity contribution >= 4 is 17.6 Å². The van der Waals surface area contributed by atoms with E-state index in [1.165, 1.54) is 6.26 Å². The Kier molecular flexibility index (Phi) is 4.84. The van der Waals surface area contributed by atoms with Crippen molar-refractivity contribution in [1.29, 1.82) is 0 Å². The number of aryl methyl sites for hydroxylation is 1. The summed E-state index contributed by atoms with van der Waals surface area (Å²) in [4.78, 5) is 26.1. The smallest absolute Gasteiger partial charge is 0.321 e. The maximum atomic E-state index is 12.3. The van der Waals surface area contributed by atoms with Gasteiger partial charge in [0.1, 0.15) is 0 Å². The summed E-state index contributed by atoms with van der Waals surface area (Å²) in [7, 11) is 0. The second-order valence-electron chi connectivity index (χ2n) is 5.96. The van der Waals surface area contributed by atoms with Gasteiger partial charge in [0.15, 0.2) is 5.76 Å². The third-order valence-electron chi connectivity index (χ3n) is 4.25. The fourth-order valence-electron chi connectivity index (χ4n) is 2.80. The van der Waals surface area contributed by atoms with Crippen LogP contribution in [0.1, 0.15) is 29.0 Å². The van der Waals surface area contributed by atoms with Crippen LogP contribution < -0.4 is 10.6 Å². The Bertz CT molecular complexity index is 704. The Labute approximate surface area is 140 Å². The molecular weight excluding hydrogens is 306 g/mol. The van der Waals surface area contributed by atoms with Gasteiger partial charge in [0, 0.05) is 24.8 Å². The molecule has 1 aromatic heterocycles. The van der Waals surface area contributed by atoms with E-state index < -0.39 is 0 Å². The van der Waals surface area contributed by atoms with E-state index in [2.05, 4.69) is 10.6 Å². The molecule has 24 heavy (non-hydrogen) atoms. The molecule has 1 fully saturated rings. The average Bonchev–Trinajstić information content (AvgIpc) is 3.12. The number of benzene rings is 1. The maximum Gasteiger partial charge on any atom is 0.321 e. The van der Waals surface area contributed by atoms with E-state index in [0.29, 0.717) is 18.8 Å². The minimum atomic E-state index is -0.206. The number of furan rings is 1.